The van der Waals surface area contributed by atoms with Crippen molar-refractivity contribution in [2.45, 2.75) is 64.1 Å². The van der Waals surface area contributed by atoms with E-state index in [0.717, 1.165) is 25.8 Å². The average molecular weight is 343 g/mol. The van der Waals surface area contributed by atoms with E-state index in [2.05, 4.69) is 16.8 Å². The van der Waals surface area contributed by atoms with Crippen LogP contribution in [-0.4, -0.2) is 53.8 Å². The molecule has 1 rings (SSSR count). The number of unbranched alkanes of at least 4 members (excludes halogenated alkanes) is 1. The quantitative estimate of drug-likeness (QED) is 0.347. The molecule has 0 radical (unpaired) electrons. The first-order chi connectivity index (χ1) is 11.3. The first-order valence-electron chi connectivity index (χ1n) is 8.82. The van der Waals surface area contributed by atoms with Gasteiger partial charge in [0.05, 0.1) is 6.54 Å². The molecule has 0 saturated carbocycles. The molecule has 1 saturated heterocycles. The number of likely N-dealkylation sites (tertiary alicyclic amines) is 1. The van der Waals surface area contributed by atoms with Crippen LogP contribution in [0.1, 0.15) is 46.0 Å². The van der Waals surface area contributed by atoms with E-state index in [1.165, 1.54) is 0 Å². The summed E-state index contributed by atoms with van der Waals surface area (Å²) in [6.07, 6.45) is 3.96. The lowest BCUT2D eigenvalue weighted by Crippen LogP contribution is -2.69. The molecule has 0 aliphatic carbocycles. The van der Waals surface area contributed by atoms with Crippen molar-refractivity contribution in [3.63, 3.8) is 0 Å². The second-order valence-electron chi connectivity index (χ2n) is 6.87. The summed E-state index contributed by atoms with van der Waals surface area (Å²) in [5.74, 6) is -1.04. The summed E-state index contributed by atoms with van der Waals surface area (Å²) in [5.41, 5.74) is 13.1. The number of rotatable bonds is 9. The fourth-order valence-corrected chi connectivity index (χ4v) is 3.04. The molecule has 24 heavy (non-hydrogen) atoms. The number of nitrogens with two attached hydrogens (primary N) is 1. The highest BCUT2D eigenvalue weighted by Crippen LogP contribution is 2.19. The Morgan fingerprint density at radius 3 is 2.50 bits per heavy atom. The normalized spacial score (nSPS) is 20.0. The summed E-state index contributed by atoms with van der Waals surface area (Å²) in [6.45, 7) is 5.05. The van der Waals surface area contributed by atoms with E-state index in [9.17, 15) is 14.4 Å². The van der Waals surface area contributed by atoms with Crippen LogP contribution in [0.15, 0.2) is 0 Å². The van der Waals surface area contributed by atoms with Gasteiger partial charge in [0.25, 0.3) is 5.91 Å². The maximum absolute atomic E-state index is 12.6. The molecule has 1 aliphatic rings. The smallest absolute Gasteiger partial charge is 0.281 e. The van der Waals surface area contributed by atoms with Crippen LogP contribution in [0.25, 0.3) is 0 Å². The number of nitrogens with zero attached hydrogens (tertiary/aromatic N) is 1. The molecule has 9 N–H and O–H groups in total. The summed E-state index contributed by atoms with van der Waals surface area (Å²) in [4.78, 5) is 38.2. The number of hydrogen-bond donors (Lipinski definition) is 4. The number of carbonyl (C=O) groups excluding carboxylic acids is 3. The molecule has 0 bridgehead atoms. The van der Waals surface area contributed by atoms with Crippen molar-refractivity contribution in [2.24, 2.45) is 11.7 Å². The summed E-state index contributed by atoms with van der Waals surface area (Å²) in [7, 11) is 0. The zero-order valence-electron chi connectivity index (χ0n) is 14.9. The zero-order valence-corrected chi connectivity index (χ0v) is 14.9. The second kappa shape index (κ2) is 9.58. The van der Waals surface area contributed by atoms with Gasteiger partial charge in [-0.1, -0.05) is 13.8 Å². The second-order valence-corrected chi connectivity index (χ2v) is 6.87. The number of nitrogens with one attached hydrogen (secondary N) is 1. The topological polar surface area (TPSA) is 148 Å². The van der Waals surface area contributed by atoms with Crippen molar-refractivity contribution in [3.8, 4) is 0 Å². The Hall–Kier alpha value is -1.67. The van der Waals surface area contributed by atoms with Crippen LogP contribution in [0, 0.1) is 5.92 Å². The molecule has 138 valence electrons. The van der Waals surface area contributed by atoms with Gasteiger partial charge in [0, 0.05) is 13.0 Å². The molecule has 3 amide bonds. The van der Waals surface area contributed by atoms with E-state index >= 15 is 0 Å². The van der Waals surface area contributed by atoms with Crippen molar-refractivity contribution >= 4 is 17.7 Å². The van der Waals surface area contributed by atoms with Gasteiger partial charge in [-0.15, -0.1) is 0 Å². The van der Waals surface area contributed by atoms with Crippen LogP contribution >= 0.6 is 0 Å². The van der Waals surface area contributed by atoms with E-state index in [1.807, 2.05) is 13.8 Å². The lowest BCUT2D eigenvalue weighted by molar-refractivity contribution is -0.408. The number of carbonyl (C=O) groups is 3. The average Bonchev–Trinajstić information content (AvgIpc) is 3.00. The largest absolute Gasteiger partial charge is 0.368 e. The van der Waals surface area contributed by atoms with Crippen LogP contribution in [0.5, 0.6) is 0 Å². The molecule has 8 nitrogen and oxygen atoms in total. The van der Waals surface area contributed by atoms with Crippen molar-refractivity contribution in [1.82, 2.24) is 10.2 Å². The van der Waals surface area contributed by atoms with Crippen LogP contribution in [0.4, 0.5) is 0 Å². The summed E-state index contributed by atoms with van der Waals surface area (Å²) in [6, 6.07) is -1.60. The third-order valence-corrected chi connectivity index (χ3v) is 4.51. The molecule has 0 aromatic carbocycles. The first-order valence-corrected chi connectivity index (χ1v) is 8.82. The van der Waals surface area contributed by atoms with Gasteiger partial charge in [-0.25, -0.2) is 0 Å². The molecule has 0 aromatic rings. The Bertz CT molecular complexity index is 455. The molecule has 8 heteroatoms. The van der Waals surface area contributed by atoms with E-state index < -0.39 is 18.0 Å². The molecule has 0 unspecified atom stereocenters. The Kier molecular flexibility index (Phi) is 8.14. The monoisotopic (exact) mass is 343 g/mol. The summed E-state index contributed by atoms with van der Waals surface area (Å²) < 4.78 is 0. The third-order valence-electron chi connectivity index (χ3n) is 4.51. The van der Waals surface area contributed by atoms with Crippen LogP contribution < -0.4 is 22.5 Å². The van der Waals surface area contributed by atoms with Gasteiger partial charge >= 0.3 is 0 Å². The van der Waals surface area contributed by atoms with Crippen LogP contribution in [0.3, 0.4) is 0 Å². The Labute approximate surface area is 143 Å². The summed E-state index contributed by atoms with van der Waals surface area (Å²) in [5, 5.41) is 2.70. The predicted molar refractivity (Wildman–Crippen MR) is 89.0 cm³/mol. The van der Waals surface area contributed by atoms with Gasteiger partial charge < -0.3 is 27.4 Å². The van der Waals surface area contributed by atoms with E-state index in [1.54, 1.807) is 4.90 Å². The highest BCUT2D eigenvalue weighted by molar-refractivity contribution is 5.92. The van der Waals surface area contributed by atoms with Gasteiger partial charge in [-0.05, 0) is 31.6 Å². The van der Waals surface area contributed by atoms with Crippen LogP contribution in [-0.2, 0) is 14.4 Å². The molecular weight excluding hydrogens is 310 g/mol. The minimum Gasteiger partial charge on any atom is -0.368 e. The standard InChI is InChI=1S/C16H31N5O3/c1-10(2)13(14(19)22)20-15(23)12-7-5-9-21(12)16(24)11(18)6-3-4-8-17/h10-13H,3-9,17-18H2,1-2H3,(H2,19,22)(H,20,23)/p+2/t11-,12-,13-/m0/s1. The minimum atomic E-state index is -0.720. The fourth-order valence-electron chi connectivity index (χ4n) is 3.04. The highest BCUT2D eigenvalue weighted by atomic mass is 16.2. The lowest BCUT2D eigenvalue weighted by Gasteiger charge is -2.27. The number of quaternary nitrogens is 2. The van der Waals surface area contributed by atoms with Crippen molar-refractivity contribution in [1.29, 1.82) is 0 Å². The predicted octanol–water partition coefficient (Wildman–Crippen LogP) is -2.37. The molecular formula is C16H33N5O3+2. The maximum Gasteiger partial charge on any atom is 0.281 e. The third kappa shape index (κ3) is 5.45. The van der Waals surface area contributed by atoms with Gasteiger partial charge in [-0.2, -0.15) is 0 Å². The molecule has 3 atom stereocenters. The van der Waals surface area contributed by atoms with Gasteiger partial charge in [-0.3, -0.25) is 14.4 Å². The Balaban J connectivity index is 2.68. The van der Waals surface area contributed by atoms with Crippen LogP contribution in [0.2, 0.25) is 0 Å². The maximum atomic E-state index is 12.6. The Morgan fingerprint density at radius 2 is 1.96 bits per heavy atom. The number of hydrogen-bond acceptors (Lipinski definition) is 3. The van der Waals surface area contributed by atoms with Gasteiger partial charge in [0.2, 0.25) is 11.8 Å². The highest BCUT2D eigenvalue weighted by Gasteiger charge is 2.38. The molecule has 1 heterocycles. The van der Waals surface area contributed by atoms with Crippen molar-refractivity contribution in [2.75, 3.05) is 13.1 Å². The molecule has 1 fully saturated rings. The van der Waals surface area contributed by atoms with E-state index in [4.69, 9.17) is 5.73 Å². The fraction of sp³-hybridized carbons (Fsp3) is 0.812. The molecule has 0 aromatic heterocycles. The van der Waals surface area contributed by atoms with Gasteiger partial charge in [0.15, 0.2) is 6.04 Å². The number of primary amides is 1. The number of amides is 3. The van der Waals surface area contributed by atoms with E-state index in [0.29, 0.717) is 19.4 Å². The first kappa shape index (κ1) is 20.4. The summed E-state index contributed by atoms with van der Waals surface area (Å²) >= 11 is 0. The van der Waals surface area contributed by atoms with Gasteiger partial charge in [0.1, 0.15) is 12.1 Å². The molecule has 1 aliphatic heterocycles. The van der Waals surface area contributed by atoms with Crippen molar-refractivity contribution in [3.05, 3.63) is 0 Å². The van der Waals surface area contributed by atoms with Crippen molar-refractivity contribution < 1.29 is 25.9 Å². The lowest BCUT2D eigenvalue weighted by atomic mass is 10.0. The molecule has 0 spiro atoms. The van der Waals surface area contributed by atoms with E-state index in [-0.39, 0.29) is 23.8 Å². The Morgan fingerprint density at radius 1 is 1.29 bits per heavy atom. The SMILES string of the molecule is CC(C)[C@H](NC(=O)[C@@H]1CCCN1C(=O)[C@@H]([NH3+])CCCC[NH3+])C(N)=O. The zero-order chi connectivity index (χ0) is 18.3. The minimum absolute atomic E-state index is 0.0862.